The van der Waals surface area contributed by atoms with E-state index in [1.54, 1.807) is 29.8 Å². The van der Waals surface area contributed by atoms with Gasteiger partial charge in [-0.1, -0.05) is 36.0 Å². The molecular formula is C19H18N8O3. The first-order chi connectivity index (χ1) is 14.7. The first-order valence-corrected chi connectivity index (χ1v) is 8.99. The van der Waals surface area contributed by atoms with Crippen LogP contribution in [-0.2, 0) is 18.4 Å². The summed E-state index contributed by atoms with van der Waals surface area (Å²) in [7, 11) is 1.73. The molecule has 3 heterocycles. The number of hydrogen-bond donors (Lipinski definition) is 1. The number of carbonyl (C=O) groups excluding carboxylic acids is 1. The highest BCUT2D eigenvalue weighted by molar-refractivity contribution is 5.83. The van der Waals surface area contributed by atoms with Gasteiger partial charge < -0.3 is 9.47 Å². The molecule has 0 bridgehead atoms. The highest BCUT2D eigenvalue weighted by Crippen LogP contribution is 2.25. The number of nitrogens with one attached hydrogen (secondary N) is 1. The van der Waals surface area contributed by atoms with Gasteiger partial charge in [0.05, 0.1) is 16.7 Å². The fourth-order valence-corrected chi connectivity index (χ4v) is 2.75. The maximum absolute atomic E-state index is 11.7. The summed E-state index contributed by atoms with van der Waals surface area (Å²) in [5.74, 6) is 0.809. The van der Waals surface area contributed by atoms with E-state index in [1.165, 1.54) is 10.8 Å². The lowest BCUT2D eigenvalue weighted by atomic mass is 10.3. The molecule has 1 aromatic carbocycles. The summed E-state index contributed by atoms with van der Waals surface area (Å²) in [5, 5.41) is 14.2. The lowest BCUT2D eigenvalue weighted by Gasteiger charge is -2.09. The van der Waals surface area contributed by atoms with E-state index >= 15 is 0 Å². The number of rotatable bonds is 7. The first-order valence-electron chi connectivity index (χ1n) is 8.99. The van der Waals surface area contributed by atoms with Crippen LogP contribution in [0, 0.1) is 0 Å². The molecule has 0 saturated carbocycles. The standard InChI is InChI=1S/C19H18N8O3/c1-3-11-29-19(28)22-16-10-6-7-13(20-16)12-30-18-21-14-8-4-5-9-15(14)27(18)17-23-24-25-26(17)2/h3-10H,1,11-12H2,2H3,(H,20,22,28). The van der Waals surface area contributed by atoms with Crippen LogP contribution in [0.4, 0.5) is 10.6 Å². The molecule has 0 atom stereocenters. The van der Waals surface area contributed by atoms with Crippen molar-refractivity contribution < 1.29 is 14.3 Å². The van der Waals surface area contributed by atoms with Gasteiger partial charge in [-0.3, -0.25) is 5.32 Å². The van der Waals surface area contributed by atoms with Gasteiger partial charge in [-0.15, -0.1) is 0 Å². The number of aromatic nitrogens is 7. The lowest BCUT2D eigenvalue weighted by Crippen LogP contribution is -2.15. The Labute approximate surface area is 171 Å². The minimum Gasteiger partial charge on any atom is -0.458 e. The molecule has 3 aromatic heterocycles. The zero-order valence-electron chi connectivity index (χ0n) is 16.1. The van der Waals surface area contributed by atoms with Crippen LogP contribution in [0.3, 0.4) is 0 Å². The number of amides is 1. The minimum absolute atomic E-state index is 0.113. The predicted molar refractivity (Wildman–Crippen MR) is 107 cm³/mol. The van der Waals surface area contributed by atoms with Gasteiger partial charge in [-0.05, 0) is 34.7 Å². The molecule has 4 aromatic rings. The quantitative estimate of drug-likeness (QED) is 0.464. The van der Waals surface area contributed by atoms with Gasteiger partial charge in [0.1, 0.15) is 19.0 Å². The third-order valence-electron chi connectivity index (χ3n) is 4.05. The van der Waals surface area contributed by atoms with Gasteiger partial charge in [0.2, 0.25) is 0 Å². The fourth-order valence-electron chi connectivity index (χ4n) is 2.75. The van der Waals surface area contributed by atoms with E-state index in [4.69, 9.17) is 9.47 Å². The summed E-state index contributed by atoms with van der Waals surface area (Å²) in [6.45, 7) is 3.72. The number of para-hydroxylation sites is 2. The van der Waals surface area contributed by atoms with Crippen LogP contribution >= 0.6 is 0 Å². The summed E-state index contributed by atoms with van der Waals surface area (Å²) in [6, 6.07) is 13.1. The Bertz CT molecular complexity index is 1200. The molecule has 30 heavy (non-hydrogen) atoms. The summed E-state index contributed by atoms with van der Waals surface area (Å²) < 4.78 is 14.1. The van der Waals surface area contributed by atoms with Crippen molar-refractivity contribution in [1.29, 1.82) is 0 Å². The zero-order chi connectivity index (χ0) is 20.9. The van der Waals surface area contributed by atoms with Crippen LogP contribution in [0.5, 0.6) is 6.01 Å². The zero-order valence-corrected chi connectivity index (χ0v) is 16.1. The van der Waals surface area contributed by atoms with Crippen LogP contribution < -0.4 is 10.1 Å². The van der Waals surface area contributed by atoms with Crippen molar-refractivity contribution in [2.24, 2.45) is 7.05 Å². The van der Waals surface area contributed by atoms with Crippen LogP contribution in [0.1, 0.15) is 5.69 Å². The van der Waals surface area contributed by atoms with E-state index in [2.05, 4.69) is 37.4 Å². The number of nitrogens with zero attached hydrogens (tertiary/aromatic N) is 7. The van der Waals surface area contributed by atoms with Crippen molar-refractivity contribution in [3.05, 3.63) is 60.8 Å². The molecule has 11 nitrogen and oxygen atoms in total. The Morgan fingerprint density at radius 1 is 1.20 bits per heavy atom. The number of anilines is 1. The van der Waals surface area contributed by atoms with Gasteiger partial charge >= 0.3 is 12.1 Å². The molecule has 0 aliphatic heterocycles. The fraction of sp³-hybridized carbons (Fsp3) is 0.158. The van der Waals surface area contributed by atoms with E-state index in [1.807, 2.05) is 24.3 Å². The maximum atomic E-state index is 11.7. The number of benzene rings is 1. The Balaban J connectivity index is 1.56. The van der Waals surface area contributed by atoms with Gasteiger partial charge in [-0.2, -0.15) is 4.98 Å². The third kappa shape index (κ3) is 3.94. The average Bonchev–Trinajstić information content (AvgIpc) is 3.33. The van der Waals surface area contributed by atoms with Crippen molar-refractivity contribution in [3.63, 3.8) is 0 Å². The number of tetrazole rings is 1. The highest BCUT2D eigenvalue weighted by atomic mass is 16.5. The monoisotopic (exact) mass is 406 g/mol. The van der Waals surface area contributed by atoms with E-state index in [9.17, 15) is 4.79 Å². The van der Waals surface area contributed by atoms with E-state index < -0.39 is 6.09 Å². The lowest BCUT2D eigenvalue weighted by molar-refractivity contribution is 0.174. The first kappa shape index (κ1) is 19.1. The van der Waals surface area contributed by atoms with Crippen LogP contribution in [0.25, 0.3) is 17.0 Å². The highest BCUT2D eigenvalue weighted by Gasteiger charge is 2.18. The molecule has 0 spiro atoms. The van der Waals surface area contributed by atoms with Crippen molar-refractivity contribution >= 4 is 22.9 Å². The molecule has 11 heteroatoms. The molecule has 1 N–H and O–H groups in total. The van der Waals surface area contributed by atoms with Crippen molar-refractivity contribution in [2.75, 3.05) is 11.9 Å². The van der Waals surface area contributed by atoms with Gasteiger partial charge in [0, 0.05) is 7.05 Å². The van der Waals surface area contributed by atoms with E-state index in [-0.39, 0.29) is 13.2 Å². The van der Waals surface area contributed by atoms with E-state index in [0.29, 0.717) is 23.5 Å². The topological polar surface area (TPSA) is 122 Å². The molecule has 0 radical (unpaired) electrons. The molecule has 0 saturated heterocycles. The maximum Gasteiger partial charge on any atom is 0.413 e. The van der Waals surface area contributed by atoms with Gasteiger partial charge in [0.15, 0.2) is 0 Å². The number of ether oxygens (including phenoxy) is 2. The van der Waals surface area contributed by atoms with E-state index in [0.717, 1.165) is 11.0 Å². The summed E-state index contributed by atoms with van der Waals surface area (Å²) in [5.41, 5.74) is 2.13. The molecule has 0 aliphatic carbocycles. The molecule has 152 valence electrons. The van der Waals surface area contributed by atoms with Crippen molar-refractivity contribution in [2.45, 2.75) is 6.61 Å². The number of imidazole rings is 1. The Kier molecular flexibility index (Phi) is 5.33. The van der Waals surface area contributed by atoms with Crippen LogP contribution in [0.2, 0.25) is 0 Å². The second-order valence-corrected chi connectivity index (χ2v) is 6.14. The summed E-state index contributed by atoms with van der Waals surface area (Å²) >= 11 is 0. The largest absolute Gasteiger partial charge is 0.458 e. The minimum atomic E-state index is -0.614. The Morgan fingerprint density at radius 2 is 2.07 bits per heavy atom. The molecule has 4 rings (SSSR count). The molecule has 0 unspecified atom stereocenters. The third-order valence-corrected chi connectivity index (χ3v) is 4.05. The predicted octanol–water partition coefficient (Wildman–Crippen LogP) is 2.26. The Morgan fingerprint density at radius 3 is 2.87 bits per heavy atom. The van der Waals surface area contributed by atoms with Crippen molar-refractivity contribution in [3.8, 4) is 12.0 Å². The van der Waals surface area contributed by atoms with Gasteiger partial charge in [0.25, 0.3) is 5.95 Å². The molecule has 0 fully saturated rings. The molecule has 0 aliphatic rings. The van der Waals surface area contributed by atoms with Crippen LogP contribution in [0.15, 0.2) is 55.1 Å². The summed E-state index contributed by atoms with van der Waals surface area (Å²) in [6.07, 6.45) is 0.868. The SMILES string of the molecule is C=CCOC(=O)Nc1cccc(COc2nc3ccccc3n2-c2nnnn2C)n1. The number of hydrogen-bond acceptors (Lipinski definition) is 8. The molecular weight excluding hydrogens is 388 g/mol. The summed E-state index contributed by atoms with van der Waals surface area (Å²) in [4.78, 5) is 20.6. The normalized spacial score (nSPS) is 10.7. The van der Waals surface area contributed by atoms with Crippen LogP contribution in [-0.4, -0.2) is 47.4 Å². The number of carbonyl (C=O) groups is 1. The van der Waals surface area contributed by atoms with Crippen molar-refractivity contribution in [1.82, 2.24) is 34.7 Å². The number of pyridine rings is 1. The van der Waals surface area contributed by atoms with Gasteiger partial charge in [-0.25, -0.2) is 19.0 Å². The average molecular weight is 406 g/mol. The second-order valence-electron chi connectivity index (χ2n) is 6.14. The number of fused-ring (bicyclic) bond motifs is 1. The number of aryl methyl sites for hydroxylation is 1. The second kappa shape index (κ2) is 8.39. The molecule has 1 amide bonds. The Hall–Kier alpha value is -4.28. The smallest absolute Gasteiger partial charge is 0.413 e.